The van der Waals surface area contributed by atoms with Crippen molar-refractivity contribution in [2.24, 2.45) is 5.92 Å². The Morgan fingerprint density at radius 3 is 2.02 bits per heavy atom. The van der Waals surface area contributed by atoms with Gasteiger partial charge in [-0.1, -0.05) is 118 Å². The first-order valence-electron chi connectivity index (χ1n) is 16.8. The molecule has 7 rings (SSSR count). The fourth-order valence-electron chi connectivity index (χ4n) is 6.55. The monoisotopic (exact) mass is 822 g/mol. The molecule has 5 heteroatoms. The molecule has 1 fully saturated rings. The molecular formula is C43H43IrN3Si-2. The SMILES string of the molecule is CC(c1cc(-c2[c-]cccc2)ncc1[Si](C)(C)C)C1CCCC1.[Ir].[c-]1ccc(-c2ccccc2)nc1-c1cc(-c2ccccc2)ccn1. The number of rotatable bonds is 7. The summed E-state index contributed by atoms with van der Waals surface area (Å²) in [7, 11) is -1.39. The van der Waals surface area contributed by atoms with Gasteiger partial charge in [0.05, 0.1) is 8.07 Å². The van der Waals surface area contributed by atoms with Crippen LogP contribution in [0.5, 0.6) is 0 Å². The molecule has 0 N–H and O–H groups in total. The van der Waals surface area contributed by atoms with Crippen molar-refractivity contribution in [2.75, 3.05) is 0 Å². The van der Waals surface area contributed by atoms with E-state index in [1.165, 1.54) is 36.4 Å². The average Bonchev–Trinajstić information content (AvgIpc) is 3.68. The molecule has 1 aliphatic rings. The Hall–Kier alpha value is -4.02. The third kappa shape index (κ3) is 8.71. The summed E-state index contributed by atoms with van der Waals surface area (Å²) in [5.41, 5.74) is 9.63. The standard InChI is InChI=1S/C22H15N2.C21H28NSi.Ir/c1-3-8-17(9-4-1)19-14-15-23-22(16-19)21-13-7-12-20(24-21)18-10-5-2-6-11-18;1-16(17-10-8-9-11-17)19-14-20(18-12-6-5-7-13-18)22-15-21(19)23(2,3)4;/h1-12,14-16H;5-7,12,14-17H,8-11H2,1-4H3;/q2*-1;. The fraction of sp³-hybridized carbons (Fsp3) is 0.233. The van der Waals surface area contributed by atoms with Crippen molar-refractivity contribution in [1.29, 1.82) is 0 Å². The van der Waals surface area contributed by atoms with Gasteiger partial charge in [-0.2, -0.15) is 12.1 Å². The Morgan fingerprint density at radius 2 is 1.35 bits per heavy atom. The van der Waals surface area contributed by atoms with Gasteiger partial charge in [0, 0.05) is 38.2 Å². The second-order valence-electron chi connectivity index (χ2n) is 13.5. The van der Waals surface area contributed by atoms with Crippen molar-refractivity contribution in [3.8, 4) is 45.0 Å². The zero-order chi connectivity index (χ0) is 32.6. The van der Waals surface area contributed by atoms with Crippen LogP contribution in [0.1, 0.15) is 44.1 Å². The molecule has 0 spiro atoms. The summed E-state index contributed by atoms with van der Waals surface area (Å²) in [6.45, 7) is 9.74. The van der Waals surface area contributed by atoms with Crippen molar-refractivity contribution in [1.82, 2.24) is 15.0 Å². The molecule has 1 atom stereocenters. The molecule has 3 aromatic heterocycles. The summed E-state index contributed by atoms with van der Waals surface area (Å²) in [5, 5.41) is 1.54. The normalized spacial score (nSPS) is 13.6. The first-order chi connectivity index (χ1) is 22.9. The Morgan fingerprint density at radius 1 is 0.667 bits per heavy atom. The summed E-state index contributed by atoms with van der Waals surface area (Å²) in [4.78, 5) is 14.0. The van der Waals surface area contributed by atoms with E-state index in [0.29, 0.717) is 5.92 Å². The van der Waals surface area contributed by atoms with Gasteiger partial charge < -0.3 is 9.97 Å². The minimum atomic E-state index is -1.39. The van der Waals surface area contributed by atoms with Crippen LogP contribution in [0.4, 0.5) is 0 Å². The Balaban J connectivity index is 0.000000184. The number of nitrogens with zero attached hydrogens (tertiary/aromatic N) is 3. The van der Waals surface area contributed by atoms with Gasteiger partial charge in [0.2, 0.25) is 0 Å². The van der Waals surface area contributed by atoms with Crippen LogP contribution < -0.4 is 5.19 Å². The molecular weight excluding hydrogens is 779 g/mol. The smallest absolute Gasteiger partial charge is 0.0799 e. The summed E-state index contributed by atoms with van der Waals surface area (Å²) in [6, 6.07) is 45.4. The summed E-state index contributed by atoms with van der Waals surface area (Å²) < 4.78 is 0. The predicted molar refractivity (Wildman–Crippen MR) is 199 cm³/mol. The van der Waals surface area contributed by atoms with E-state index in [0.717, 1.165) is 45.4 Å². The van der Waals surface area contributed by atoms with Crippen LogP contribution in [0.3, 0.4) is 0 Å². The molecule has 1 radical (unpaired) electrons. The first-order valence-corrected chi connectivity index (χ1v) is 20.3. The van der Waals surface area contributed by atoms with Gasteiger partial charge in [0.25, 0.3) is 0 Å². The number of benzene rings is 3. The van der Waals surface area contributed by atoms with E-state index in [2.05, 4.69) is 98.4 Å². The summed E-state index contributed by atoms with van der Waals surface area (Å²) in [5.74, 6) is 1.49. The maximum Gasteiger partial charge on any atom is 0.0799 e. The maximum atomic E-state index is 4.79. The minimum absolute atomic E-state index is 0. The summed E-state index contributed by atoms with van der Waals surface area (Å²) >= 11 is 0. The molecule has 0 aliphatic heterocycles. The minimum Gasteiger partial charge on any atom is -0.318 e. The topological polar surface area (TPSA) is 38.7 Å². The molecule has 48 heavy (non-hydrogen) atoms. The summed E-state index contributed by atoms with van der Waals surface area (Å²) in [6.07, 6.45) is 9.58. The van der Waals surface area contributed by atoms with Crippen LogP contribution in [-0.2, 0) is 20.1 Å². The average molecular weight is 822 g/mol. The molecule has 3 heterocycles. The maximum absolute atomic E-state index is 4.79. The van der Waals surface area contributed by atoms with Crippen LogP contribution in [0, 0.1) is 18.1 Å². The molecule has 6 aromatic rings. The van der Waals surface area contributed by atoms with Gasteiger partial charge >= 0.3 is 0 Å². The third-order valence-corrected chi connectivity index (χ3v) is 11.2. The van der Waals surface area contributed by atoms with Crippen molar-refractivity contribution in [3.63, 3.8) is 0 Å². The molecule has 3 nitrogen and oxygen atoms in total. The van der Waals surface area contributed by atoms with Crippen LogP contribution in [0.2, 0.25) is 19.6 Å². The van der Waals surface area contributed by atoms with E-state index in [-0.39, 0.29) is 20.1 Å². The number of pyridine rings is 3. The van der Waals surface area contributed by atoms with Crippen molar-refractivity contribution < 1.29 is 20.1 Å². The zero-order valence-corrected chi connectivity index (χ0v) is 31.7. The number of hydrogen-bond donors (Lipinski definition) is 0. The van der Waals surface area contributed by atoms with E-state index in [1.54, 1.807) is 5.56 Å². The van der Waals surface area contributed by atoms with E-state index in [1.807, 2.05) is 72.9 Å². The molecule has 0 saturated heterocycles. The van der Waals surface area contributed by atoms with E-state index < -0.39 is 8.07 Å². The zero-order valence-electron chi connectivity index (χ0n) is 28.3. The molecule has 1 unspecified atom stereocenters. The predicted octanol–water partition coefficient (Wildman–Crippen LogP) is 10.7. The quantitative estimate of drug-likeness (QED) is 0.119. The Labute approximate surface area is 301 Å². The van der Waals surface area contributed by atoms with Crippen LogP contribution in [-0.4, -0.2) is 23.0 Å². The first kappa shape index (κ1) is 35.3. The van der Waals surface area contributed by atoms with Gasteiger partial charge in [0.15, 0.2) is 0 Å². The largest absolute Gasteiger partial charge is 0.318 e. The molecule has 3 aromatic carbocycles. The van der Waals surface area contributed by atoms with Crippen molar-refractivity contribution in [2.45, 2.75) is 58.2 Å². The number of aromatic nitrogens is 3. The van der Waals surface area contributed by atoms with E-state index in [9.17, 15) is 0 Å². The molecule has 1 aliphatic carbocycles. The fourth-order valence-corrected chi connectivity index (χ4v) is 8.16. The van der Waals surface area contributed by atoms with Gasteiger partial charge in [0.1, 0.15) is 0 Å². The Bertz CT molecular complexity index is 1800. The van der Waals surface area contributed by atoms with Crippen molar-refractivity contribution in [3.05, 3.63) is 145 Å². The van der Waals surface area contributed by atoms with Crippen LogP contribution in [0.15, 0.2) is 128 Å². The van der Waals surface area contributed by atoms with Gasteiger partial charge in [-0.15, -0.1) is 42.0 Å². The molecule has 0 amide bonds. The molecule has 245 valence electrons. The number of hydrogen-bond acceptors (Lipinski definition) is 3. The van der Waals surface area contributed by atoms with Gasteiger partial charge in [-0.05, 0) is 69.7 Å². The molecule has 1 saturated carbocycles. The van der Waals surface area contributed by atoms with Gasteiger partial charge in [-0.25, -0.2) is 0 Å². The van der Waals surface area contributed by atoms with Gasteiger partial charge in [-0.3, -0.25) is 4.98 Å². The second kappa shape index (κ2) is 16.4. The molecule has 0 bridgehead atoms. The van der Waals surface area contributed by atoms with Crippen molar-refractivity contribution >= 4 is 13.3 Å². The van der Waals surface area contributed by atoms with E-state index >= 15 is 0 Å². The second-order valence-corrected chi connectivity index (χ2v) is 18.5. The van der Waals surface area contributed by atoms with Crippen LogP contribution >= 0.6 is 0 Å². The van der Waals surface area contributed by atoms with E-state index in [4.69, 9.17) is 9.97 Å². The third-order valence-electron chi connectivity index (χ3n) is 9.20. The Kier molecular flexibility index (Phi) is 12.0. The van der Waals surface area contributed by atoms with Crippen LogP contribution in [0.25, 0.3) is 45.0 Å².